The van der Waals surface area contributed by atoms with Crippen molar-refractivity contribution < 1.29 is 27.0 Å². The van der Waals surface area contributed by atoms with E-state index in [1.807, 2.05) is 0 Å². The largest absolute Gasteiger partial charge is 0.573 e. The quantitative estimate of drug-likeness (QED) is 0.873. The number of rotatable bonds is 4. The van der Waals surface area contributed by atoms with Gasteiger partial charge in [0.2, 0.25) is 0 Å². The first-order valence-electron chi connectivity index (χ1n) is 6.25. The zero-order valence-electron chi connectivity index (χ0n) is 11.5. The molecule has 0 spiro atoms. The van der Waals surface area contributed by atoms with Crippen molar-refractivity contribution in [2.75, 3.05) is 7.11 Å². The highest BCUT2D eigenvalue weighted by Gasteiger charge is 2.31. The van der Waals surface area contributed by atoms with E-state index in [0.717, 1.165) is 0 Å². The number of methoxy groups -OCH3 is 1. The minimum atomic E-state index is -4.75. The van der Waals surface area contributed by atoms with E-state index in [1.54, 1.807) is 0 Å². The minimum Gasteiger partial charge on any atom is -0.496 e. The van der Waals surface area contributed by atoms with Crippen LogP contribution in [0.15, 0.2) is 42.5 Å². The fraction of sp³-hybridized carbons (Fsp3) is 0.200. The van der Waals surface area contributed by atoms with Crippen LogP contribution < -0.4 is 15.2 Å². The van der Waals surface area contributed by atoms with E-state index in [0.29, 0.717) is 11.1 Å². The molecule has 0 unspecified atom stereocenters. The molecule has 0 amide bonds. The Balaban J connectivity index is 2.25. The number of ether oxygens (including phenoxy) is 2. The topological polar surface area (TPSA) is 44.5 Å². The summed E-state index contributed by atoms with van der Waals surface area (Å²) in [7, 11) is 1.38. The summed E-state index contributed by atoms with van der Waals surface area (Å²) in [5, 5.41) is 0. The molecule has 3 nitrogen and oxygen atoms in total. The van der Waals surface area contributed by atoms with Gasteiger partial charge in [0.15, 0.2) is 0 Å². The fourth-order valence-corrected chi connectivity index (χ4v) is 2.00. The summed E-state index contributed by atoms with van der Waals surface area (Å²) in [6, 6.07) is 8.38. The summed E-state index contributed by atoms with van der Waals surface area (Å²) in [5.74, 6) is -0.542. The molecule has 0 aliphatic rings. The second-order valence-electron chi connectivity index (χ2n) is 4.48. The van der Waals surface area contributed by atoms with Crippen LogP contribution in [0.4, 0.5) is 17.6 Å². The molecule has 118 valence electrons. The summed E-state index contributed by atoms with van der Waals surface area (Å²) in [5.41, 5.74) is 7.12. The lowest BCUT2D eigenvalue weighted by atomic mass is 9.98. The Morgan fingerprint density at radius 1 is 1.05 bits per heavy atom. The average molecular weight is 315 g/mol. The van der Waals surface area contributed by atoms with Gasteiger partial charge in [-0.3, -0.25) is 0 Å². The lowest BCUT2D eigenvalue weighted by Crippen LogP contribution is -2.17. The Morgan fingerprint density at radius 3 is 2.23 bits per heavy atom. The van der Waals surface area contributed by atoms with Crippen LogP contribution in [-0.4, -0.2) is 13.5 Å². The summed E-state index contributed by atoms with van der Waals surface area (Å²) in [4.78, 5) is 0. The van der Waals surface area contributed by atoms with Crippen LogP contribution >= 0.6 is 0 Å². The van der Waals surface area contributed by atoms with Gasteiger partial charge in [0, 0.05) is 11.6 Å². The molecule has 2 N–H and O–H groups in total. The fourth-order valence-electron chi connectivity index (χ4n) is 2.00. The Hall–Kier alpha value is -2.28. The highest BCUT2D eigenvalue weighted by Crippen LogP contribution is 2.30. The van der Waals surface area contributed by atoms with Gasteiger partial charge in [0.1, 0.15) is 17.3 Å². The van der Waals surface area contributed by atoms with E-state index in [4.69, 9.17) is 10.5 Å². The molecule has 2 rings (SSSR count). The van der Waals surface area contributed by atoms with Gasteiger partial charge in [-0.2, -0.15) is 0 Å². The molecule has 1 atom stereocenters. The molecule has 0 heterocycles. The van der Waals surface area contributed by atoms with Crippen molar-refractivity contribution in [2.24, 2.45) is 5.73 Å². The third kappa shape index (κ3) is 3.88. The van der Waals surface area contributed by atoms with Crippen LogP contribution in [0.25, 0.3) is 0 Å². The van der Waals surface area contributed by atoms with E-state index in [2.05, 4.69) is 4.74 Å². The van der Waals surface area contributed by atoms with Crippen LogP contribution in [-0.2, 0) is 0 Å². The van der Waals surface area contributed by atoms with Gasteiger partial charge in [-0.05, 0) is 23.8 Å². The summed E-state index contributed by atoms with van der Waals surface area (Å²) in [6.45, 7) is 0. The number of nitrogens with two attached hydrogens (primary N) is 1. The lowest BCUT2D eigenvalue weighted by Gasteiger charge is -2.17. The summed E-state index contributed by atoms with van der Waals surface area (Å²) in [6.07, 6.45) is -4.75. The first-order valence-corrected chi connectivity index (χ1v) is 6.25. The molecule has 2 aromatic carbocycles. The van der Waals surface area contributed by atoms with Gasteiger partial charge in [-0.1, -0.05) is 18.2 Å². The van der Waals surface area contributed by atoms with Crippen molar-refractivity contribution in [1.29, 1.82) is 0 Å². The zero-order valence-corrected chi connectivity index (χ0v) is 11.5. The second-order valence-corrected chi connectivity index (χ2v) is 4.48. The number of hydrogen-bond donors (Lipinski definition) is 1. The van der Waals surface area contributed by atoms with Gasteiger partial charge >= 0.3 is 6.36 Å². The lowest BCUT2D eigenvalue weighted by molar-refractivity contribution is -0.274. The molecule has 0 aliphatic heterocycles. The molecule has 0 bridgehead atoms. The van der Waals surface area contributed by atoms with Crippen molar-refractivity contribution in [2.45, 2.75) is 12.4 Å². The zero-order chi connectivity index (χ0) is 16.3. The number of alkyl halides is 3. The molecule has 22 heavy (non-hydrogen) atoms. The molecule has 2 aromatic rings. The maximum Gasteiger partial charge on any atom is 0.573 e. The molecule has 0 radical (unpaired) electrons. The highest BCUT2D eigenvalue weighted by atomic mass is 19.4. The summed E-state index contributed by atoms with van der Waals surface area (Å²) < 4.78 is 58.3. The second kappa shape index (κ2) is 6.23. The Morgan fingerprint density at radius 2 is 1.68 bits per heavy atom. The average Bonchev–Trinajstić information content (AvgIpc) is 2.45. The van der Waals surface area contributed by atoms with Crippen LogP contribution in [0.1, 0.15) is 17.2 Å². The molecule has 0 aromatic heterocycles. The number of halogens is 4. The van der Waals surface area contributed by atoms with Crippen LogP contribution in [0.2, 0.25) is 0 Å². The van der Waals surface area contributed by atoms with E-state index in [-0.39, 0.29) is 11.5 Å². The van der Waals surface area contributed by atoms with E-state index in [9.17, 15) is 17.6 Å². The van der Waals surface area contributed by atoms with Crippen molar-refractivity contribution in [3.8, 4) is 11.5 Å². The van der Waals surface area contributed by atoms with Crippen molar-refractivity contribution in [3.63, 3.8) is 0 Å². The van der Waals surface area contributed by atoms with Gasteiger partial charge in [-0.25, -0.2) is 4.39 Å². The minimum absolute atomic E-state index is 0.267. The van der Waals surface area contributed by atoms with E-state index >= 15 is 0 Å². The SMILES string of the molecule is COc1cc(F)ccc1[C@H](N)c1ccc(OC(F)(F)F)cc1. The molecular formula is C15H13F4NO2. The molecule has 0 saturated carbocycles. The van der Waals surface area contributed by atoms with Crippen LogP contribution in [0.5, 0.6) is 11.5 Å². The molecule has 0 saturated heterocycles. The van der Waals surface area contributed by atoms with Gasteiger partial charge < -0.3 is 15.2 Å². The third-order valence-electron chi connectivity index (χ3n) is 3.00. The molecule has 7 heteroatoms. The number of hydrogen-bond acceptors (Lipinski definition) is 3. The third-order valence-corrected chi connectivity index (χ3v) is 3.00. The number of benzene rings is 2. The predicted molar refractivity (Wildman–Crippen MR) is 72.1 cm³/mol. The Kier molecular flexibility index (Phi) is 4.56. The maximum absolute atomic E-state index is 13.2. The first kappa shape index (κ1) is 16.1. The monoisotopic (exact) mass is 315 g/mol. The van der Waals surface area contributed by atoms with Crippen LogP contribution in [0.3, 0.4) is 0 Å². The van der Waals surface area contributed by atoms with Crippen molar-refractivity contribution >= 4 is 0 Å². The van der Waals surface area contributed by atoms with Gasteiger partial charge in [0.25, 0.3) is 0 Å². The Bertz CT molecular complexity index is 641. The van der Waals surface area contributed by atoms with E-state index < -0.39 is 18.2 Å². The molecule has 0 aliphatic carbocycles. The predicted octanol–water partition coefficient (Wildman–Crippen LogP) is 3.78. The van der Waals surface area contributed by atoms with Gasteiger partial charge in [-0.15, -0.1) is 13.2 Å². The first-order chi connectivity index (χ1) is 10.3. The van der Waals surface area contributed by atoms with Gasteiger partial charge in [0.05, 0.1) is 13.2 Å². The molecular weight excluding hydrogens is 302 g/mol. The summed E-state index contributed by atoms with van der Waals surface area (Å²) >= 11 is 0. The highest BCUT2D eigenvalue weighted by molar-refractivity contribution is 5.42. The van der Waals surface area contributed by atoms with Crippen molar-refractivity contribution in [3.05, 3.63) is 59.4 Å². The normalized spacial score (nSPS) is 12.8. The van der Waals surface area contributed by atoms with E-state index in [1.165, 1.54) is 49.6 Å². The maximum atomic E-state index is 13.2. The molecule has 0 fully saturated rings. The smallest absolute Gasteiger partial charge is 0.496 e. The van der Waals surface area contributed by atoms with Crippen molar-refractivity contribution in [1.82, 2.24) is 0 Å². The standard InChI is InChI=1S/C15H13F4NO2/c1-21-13-8-10(16)4-7-12(13)14(20)9-2-5-11(6-3-9)22-15(17,18)19/h2-8,14H,20H2,1H3/t14-/m1/s1. The van der Waals surface area contributed by atoms with Crippen LogP contribution in [0, 0.1) is 5.82 Å². The Labute approximate surface area is 124 Å².